The van der Waals surface area contributed by atoms with Gasteiger partial charge in [-0.25, -0.2) is 4.39 Å². The van der Waals surface area contributed by atoms with Crippen LogP contribution >= 0.6 is 35.0 Å². The third-order valence-corrected chi connectivity index (χ3v) is 3.57. The van der Waals surface area contributed by atoms with Gasteiger partial charge in [0.25, 0.3) is 0 Å². The fourth-order valence-electron chi connectivity index (χ4n) is 1.31. The monoisotopic (exact) mass is 321 g/mol. The molecule has 1 aromatic carbocycles. The van der Waals surface area contributed by atoms with E-state index in [1.807, 2.05) is 0 Å². The number of thioether (sulfide) groups is 1. The largest absolute Gasteiger partial charge is 0.481 e. The van der Waals surface area contributed by atoms with Crippen molar-refractivity contribution in [1.82, 2.24) is 14.8 Å². The van der Waals surface area contributed by atoms with Crippen LogP contribution in [0.3, 0.4) is 0 Å². The molecule has 2 aromatic rings. The molecule has 0 aliphatic rings. The molecule has 2 rings (SSSR count). The Hall–Kier alpha value is -1.31. The molecule has 1 aromatic heterocycles. The lowest BCUT2D eigenvalue weighted by molar-refractivity contribution is -0.133. The zero-order chi connectivity index (χ0) is 14.0. The van der Waals surface area contributed by atoms with E-state index in [1.54, 1.807) is 0 Å². The van der Waals surface area contributed by atoms with Gasteiger partial charge in [-0.3, -0.25) is 9.36 Å². The second-order valence-electron chi connectivity index (χ2n) is 3.39. The van der Waals surface area contributed by atoms with E-state index >= 15 is 0 Å². The minimum Gasteiger partial charge on any atom is -0.481 e. The van der Waals surface area contributed by atoms with Crippen LogP contribution in [0.4, 0.5) is 4.39 Å². The summed E-state index contributed by atoms with van der Waals surface area (Å²) in [5.41, 5.74) is 0.453. The summed E-state index contributed by atoms with van der Waals surface area (Å²) in [7, 11) is 0. The Balaban J connectivity index is 2.37. The summed E-state index contributed by atoms with van der Waals surface area (Å²) in [5.74, 6) is -1.85. The number of rotatable bonds is 4. The number of aliphatic carboxylic acids is 1. The van der Waals surface area contributed by atoms with Gasteiger partial charge in [-0.2, -0.15) is 0 Å². The molecule has 0 amide bonds. The van der Waals surface area contributed by atoms with E-state index in [9.17, 15) is 9.18 Å². The van der Waals surface area contributed by atoms with E-state index in [4.69, 9.17) is 28.3 Å². The van der Waals surface area contributed by atoms with Gasteiger partial charge in [0.15, 0.2) is 11.0 Å². The van der Waals surface area contributed by atoms with Crippen molar-refractivity contribution in [3.05, 3.63) is 34.3 Å². The molecule has 0 fully saturated rings. The number of hydrogen-bond acceptors (Lipinski definition) is 4. The zero-order valence-electron chi connectivity index (χ0n) is 9.18. The lowest BCUT2D eigenvalue weighted by Crippen LogP contribution is -2.01. The standard InChI is InChI=1S/C10H6Cl2FN3O2S/c11-6-1-5(2-7(12)9(6)13)16-4-14-15-10(16)19-3-8(17)18/h1-2,4H,3H2,(H,17,18). The number of hydrogen-bond donors (Lipinski definition) is 1. The smallest absolute Gasteiger partial charge is 0.313 e. The number of carbonyl (C=O) groups is 1. The molecule has 100 valence electrons. The van der Waals surface area contributed by atoms with Crippen LogP contribution in [-0.4, -0.2) is 31.6 Å². The van der Waals surface area contributed by atoms with Crippen molar-refractivity contribution in [2.24, 2.45) is 0 Å². The maximum Gasteiger partial charge on any atom is 0.313 e. The van der Waals surface area contributed by atoms with E-state index < -0.39 is 11.8 Å². The van der Waals surface area contributed by atoms with E-state index in [2.05, 4.69) is 10.2 Å². The Kier molecular flexibility index (Phi) is 4.28. The Morgan fingerprint density at radius 2 is 2.05 bits per heavy atom. The minimum atomic E-state index is -0.977. The van der Waals surface area contributed by atoms with Gasteiger partial charge in [0.05, 0.1) is 21.5 Å². The Morgan fingerprint density at radius 1 is 1.42 bits per heavy atom. The van der Waals surface area contributed by atoms with Gasteiger partial charge in [-0.1, -0.05) is 35.0 Å². The summed E-state index contributed by atoms with van der Waals surface area (Å²) in [4.78, 5) is 10.5. The molecule has 0 spiro atoms. The van der Waals surface area contributed by atoms with Crippen LogP contribution in [0, 0.1) is 5.82 Å². The highest BCUT2D eigenvalue weighted by Gasteiger charge is 2.13. The summed E-state index contributed by atoms with van der Waals surface area (Å²) >= 11 is 12.4. The first-order valence-corrected chi connectivity index (χ1v) is 6.62. The second-order valence-corrected chi connectivity index (χ2v) is 5.15. The van der Waals surface area contributed by atoms with Gasteiger partial charge < -0.3 is 5.11 Å². The molecular formula is C10H6Cl2FN3O2S. The molecule has 0 unspecified atom stereocenters. The molecule has 0 radical (unpaired) electrons. The third-order valence-electron chi connectivity index (χ3n) is 2.09. The third kappa shape index (κ3) is 3.17. The summed E-state index contributed by atoms with van der Waals surface area (Å²) in [6.07, 6.45) is 1.37. The van der Waals surface area contributed by atoms with Crippen LogP contribution in [0.2, 0.25) is 10.0 Å². The number of carboxylic acid groups (broad SMARTS) is 1. The molecule has 9 heteroatoms. The van der Waals surface area contributed by atoms with Crippen LogP contribution < -0.4 is 0 Å². The van der Waals surface area contributed by atoms with E-state index in [0.717, 1.165) is 11.8 Å². The predicted molar refractivity (Wildman–Crippen MR) is 69.7 cm³/mol. The fourth-order valence-corrected chi connectivity index (χ4v) is 2.43. The number of benzene rings is 1. The second kappa shape index (κ2) is 5.77. The van der Waals surface area contributed by atoms with Gasteiger partial charge in [-0.15, -0.1) is 10.2 Å². The molecule has 0 saturated carbocycles. The lowest BCUT2D eigenvalue weighted by Gasteiger charge is -2.07. The normalized spacial score (nSPS) is 10.7. The van der Waals surface area contributed by atoms with Gasteiger partial charge >= 0.3 is 5.97 Å². The fraction of sp³-hybridized carbons (Fsp3) is 0.100. The Labute approximate surface area is 121 Å². The average molecular weight is 322 g/mol. The van der Waals surface area contributed by atoms with Crippen molar-refractivity contribution in [3.8, 4) is 5.69 Å². The van der Waals surface area contributed by atoms with Gasteiger partial charge in [-0.05, 0) is 12.1 Å². The maximum atomic E-state index is 13.3. The molecule has 0 aliphatic heterocycles. The van der Waals surface area contributed by atoms with Crippen molar-refractivity contribution in [3.63, 3.8) is 0 Å². The van der Waals surface area contributed by atoms with Crippen molar-refractivity contribution in [2.75, 3.05) is 5.75 Å². The summed E-state index contributed by atoms with van der Waals surface area (Å²) in [6, 6.07) is 2.72. The summed E-state index contributed by atoms with van der Waals surface area (Å²) in [6.45, 7) is 0. The summed E-state index contributed by atoms with van der Waals surface area (Å²) < 4.78 is 14.8. The summed E-state index contributed by atoms with van der Waals surface area (Å²) in [5, 5.41) is 16.2. The van der Waals surface area contributed by atoms with Crippen molar-refractivity contribution in [1.29, 1.82) is 0 Å². The highest BCUT2D eigenvalue weighted by molar-refractivity contribution is 7.99. The van der Waals surface area contributed by atoms with Crippen LogP contribution in [-0.2, 0) is 4.79 Å². The molecule has 19 heavy (non-hydrogen) atoms. The molecular weight excluding hydrogens is 316 g/mol. The maximum absolute atomic E-state index is 13.3. The molecule has 0 saturated heterocycles. The first-order valence-electron chi connectivity index (χ1n) is 4.88. The lowest BCUT2D eigenvalue weighted by atomic mass is 10.3. The van der Waals surface area contributed by atoms with E-state index in [0.29, 0.717) is 10.8 Å². The topological polar surface area (TPSA) is 68.0 Å². The van der Waals surface area contributed by atoms with Gasteiger partial charge in [0.1, 0.15) is 6.33 Å². The van der Waals surface area contributed by atoms with E-state index in [1.165, 1.54) is 23.0 Å². The highest BCUT2D eigenvalue weighted by atomic mass is 35.5. The average Bonchev–Trinajstić information content (AvgIpc) is 2.81. The molecule has 5 nitrogen and oxygen atoms in total. The Morgan fingerprint density at radius 3 is 2.63 bits per heavy atom. The van der Waals surface area contributed by atoms with Crippen molar-refractivity contribution < 1.29 is 14.3 Å². The van der Waals surface area contributed by atoms with E-state index in [-0.39, 0.29) is 15.8 Å². The van der Waals surface area contributed by atoms with Crippen LogP contribution in [0.1, 0.15) is 0 Å². The van der Waals surface area contributed by atoms with Crippen molar-refractivity contribution >= 4 is 40.9 Å². The SMILES string of the molecule is O=C(O)CSc1nncn1-c1cc(Cl)c(F)c(Cl)c1. The zero-order valence-corrected chi connectivity index (χ0v) is 11.5. The predicted octanol–water partition coefficient (Wildman–Crippen LogP) is 2.89. The van der Waals surface area contributed by atoms with Crippen LogP contribution in [0.5, 0.6) is 0 Å². The number of nitrogens with zero attached hydrogens (tertiary/aromatic N) is 3. The number of carboxylic acids is 1. The van der Waals surface area contributed by atoms with Crippen molar-refractivity contribution in [2.45, 2.75) is 5.16 Å². The quantitative estimate of drug-likeness (QED) is 0.692. The van der Waals surface area contributed by atoms with Crippen LogP contribution in [0.25, 0.3) is 5.69 Å². The highest BCUT2D eigenvalue weighted by Crippen LogP contribution is 2.28. The number of aromatic nitrogens is 3. The minimum absolute atomic E-state index is 0.134. The first-order chi connectivity index (χ1) is 8.99. The molecule has 1 heterocycles. The van der Waals surface area contributed by atoms with Gasteiger partial charge in [0, 0.05) is 0 Å². The molecule has 0 atom stereocenters. The number of halogens is 3. The molecule has 0 aliphatic carbocycles. The van der Waals surface area contributed by atoms with Crippen LogP contribution in [0.15, 0.2) is 23.6 Å². The first kappa shape index (κ1) is 14.1. The Bertz CT molecular complexity index is 612. The molecule has 0 bridgehead atoms. The van der Waals surface area contributed by atoms with Gasteiger partial charge in [0.2, 0.25) is 0 Å². The molecule has 1 N–H and O–H groups in total.